The van der Waals surface area contributed by atoms with Crippen LogP contribution in [0.1, 0.15) is 30.6 Å². The molecule has 1 aromatic heterocycles. The Labute approximate surface area is 135 Å². The zero-order chi connectivity index (χ0) is 14.5. The molecule has 1 heterocycles. The molecule has 0 aliphatic heterocycles. The number of aromatic nitrogens is 1. The summed E-state index contributed by atoms with van der Waals surface area (Å²) in [5.74, 6) is -0.245. The third-order valence-corrected chi connectivity index (χ3v) is 4.02. The molecular formula is C15H15Br2FN2. The van der Waals surface area contributed by atoms with Gasteiger partial charge in [-0.3, -0.25) is 4.98 Å². The fourth-order valence-corrected chi connectivity index (χ4v) is 2.58. The molecule has 1 N–H and O–H groups in total. The number of nitrogens with zero attached hydrogens (tertiary/aromatic N) is 1. The standard InChI is InChI=1S/C15H15Br2FN2/c1-2-8-19-15(13-7-6-10(16)9-20-13)11-4-3-5-12(17)14(11)18/h3-7,9,15,19H,2,8H2,1H3. The minimum Gasteiger partial charge on any atom is -0.305 e. The van der Waals surface area contributed by atoms with E-state index in [4.69, 9.17) is 0 Å². The molecule has 0 aliphatic carbocycles. The number of nitrogens with one attached hydrogen (secondary N) is 1. The van der Waals surface area contributed by atoms with E-state index in [0.717, 1.165) is 23.1 Å². The Bertz CT molecular complexity index is 573. The average Bonchev–Trinajstić information content (AvgIpc) is 2.45. The maximum atomic E-state index is 14.3. The lowest BCUT2D eigenvalue weighted by Gasteiger charge is -2.19. The molecule has 1 atom stereocenters. The highest BCUT2D eigenvalue weighted by Crippen LogP contribution is 2.28. The van der Waals surface area contributed by atoms with Crippen molar-refractivity contribution in [1.29, 1.82) is 0 Å². The highest BCUT2D eigenvalue weighted by molar-refractivity contribution is 9.10. The number of halogens is 3. The lowest BCUT2D eigenvalue weighted by molar-refractivity contribution is 0.536. The lowest BCUT2D eigenvalue weighted by Crippen LogP contribution is -2.25. The summed E-state index contributed by atoms with van der Waals surface area (Å²) in [6.45, 7) is 2.88. The Kier molecular flexibility index (Phi) is 5.69. The maximum Gasteiger partial charge on any atom is 0.142 e. The van der Waals surface area contributed by atoms with Gasteiger partial charge in [-0.2, -0.15) is 0 Å². The molecule has 0 saturated carbocycles. The topological polar surface area (TPSA) is 24.9 Å². The summed E-state index contributed by atoms with van der Waals surface area (Å²) in [6, 6.07) is 8.89. The molecule has 20 heavy (non-hydrogen) atoms. The lowest BCUT2D eigenvalue weighted by atomic mass is 10.0. The summed E-state index contributed by atoms with van der Waals surface area (Å²) in [6.07, 6.45) is 2.70. The van der Waals surface area contributed by atoms with Crippen molar-refractivity contribution < 1.29 is 4.39 Å². The van der Waals surface area contributed by atoms with Crippen LogP contribution in [0, 0.1) is 5.82 Å². The first-order chi connectivity index (χ1) is 9.63. The van der Waals surface area contributed by atoms with E-state index in [9.17, 15) is 4.39 Å². The molecule has 106 valence electrons. The van der Waals surface area contributed by atoms with E-state index in [1.165, 1.54) is 0 Å². The minimum atomic E-state index is -0.249. The summed E-state index contributed by atoms with van der Waals surface area (Å²) in [5, 5.41) is 3.35. The van der Waals surface area contributed by atoms with E-state index in [1.54, 1.807) is 18.3 Å². The zero-order valence-electron chi connectivity index (χ0n) is 11.0. The van der Waals surface area contributed by atoms with Gasteiger partial charge in [-0.15, -0.1) is 0 Å². The zero-order valence-corrected chi connectivity index (χ0v) is 14.2. The quantitative estimate of drug-likeness (QED) is 0.775. The van der Waals surface area contributed by atoms with E-state index >= 15 is 0 Å². The van der Waals surface area contributed by atoms with Crippen LogP contribution in [-0.4, -0.2) is 11.5 Å². The molecule has 5 heteroatoms. The van der Waals surface area contributed by atoms with Gasteiger partial charge < -0.3 is 5.32 Å². The molecule has 1 unspecified atom stereocenters. The molecular weight excluding hydrogens is 387 g/mol. The number of pyridine rings is 1. The Hall–Kier alpha value is -0.780. The normalized spacial score (nSPS) is 12.4. The van der Waals surface area contributed by atoms with E-state index in [2.05, 4.69) is 49.1 Å². The first-order valence-electron chi connectivity index (χ1n) is 6.42. The molecule has 0 aliphatic rings. The molecule has 2 aromatic rings. The van der Waals surface area contributed by atoms with Crippen molar-refractivity contribution in [1.82, 2.24) is 10.3 Å². The van der Waals surface area contributed by atoms with E-state index < -0.39 is 0 Å². The molecule has 0 fully saturated rings. The van der Waals surface area contributed by atoms with Crippen molar-refractivity contribution in [3.05, 3.63) is 62.5 Å². The molecule has 0 bridgehead atoms. The van der Waals surface area contributed by atoms with Gasteiger partial charge in [0.2, 0.25) is 0 Å². The Balaban J connectivity index is 2.41. The van der Waals surface area contributed by atoms with Gasteiger partial charge in [-0.05, 0) is 63.0 Å². The first kappa shape index (κ1) is 15.6. The van der Waals surface area contributed by atoms with E-state index in [0.29, 0.717) is 10.0 Å². The van der Waals surface area contributed by atoms with Crippen LogP contribution >= 0.6 is 31.9 Å². The molecule has 1 aromatic carbocycles. The minimum absolute atomic E-state index is 0.245. The summed E-state index contributed by atoms with van der Waals surface area (Å²) in [5.41, 5.74) is 1.40. The van der Waals surface area contributed by atoms with Crippen LogP contribution in [0.3, 0.4) is 0 Å². The van der Waals surface area contributed by atoms with Gasteiger partial charge in [-0.1, -0.05) is 19.1 Å². The number of rotatable bonds is 5. The van der Waals surface area contributed by atoms with Crippen LogP contribution in [0.5, 0.6) is 0 Å². The second-order valence-corrected chi connectivity index (χ2v) is 6.20. The van der Waals surface area contributed by atoms with Gasteiger partial charge in [-0.25, -0.2) is 4.39 Å². The van der Waals surface area contributed by atoms with Crippen LogP contribution in [0.2, 0.25) is 0 Å². The highest BCUT2D eigenvalue weighted by Gasteiger charge is 2.19. The smallest absolute Gasteiger partial charge is 0.142 e. The van der Waals surface area contributed by atoms with Gasteiger partial charge in [0.15, 0.2) is 0 Å². The third kappa shape index (κ3) is 3.65. The van der Waals surface area contributed by atoms with Crippen molar-refractivity contribution in [2.75, 3.05) is 6.54 Å². The predicted molar refractivity (Wildman–Crippen MR) is 86.2 cm³/mol. The fraction of sp³-hybridized carbons (Fsp3) is 0.267. The van der Waals surface area contributed by atoms with Gasteiger partial charge in [0.25, 0.3) is 0 Å². The monoisotopic (exact) mass is 400 g/mol. The van der Waals surface area contributed by atoms with Crippen LogP contribution in [0.15, 0.2) is 45.5 Å². The van der Waals surface area contributed by atoms with Crippen molar-refractivity contribution in [2.24, 2.45) is 0 Å². The molecule has 2 nitrogen and oxygen atoms in total. The SMILES string of the molecule is CCCNC(c1ccc(Br)cn1)c1cccc(Br)c1F. The summed E-state index contributed by atoms with van der Waals surface area (Å²) >= 11 is 6.60. The molecule has 0 saturated heterocycles. The number of hydrogen-bond donors (Lipinski definition) is 1. The second kappa shape index (κ2) is 7.29. The fourth-order valence-electron chi connectivity index (χ4n) is 1.96. The predicted octanol–water partition coefficient (Wildman–Crippen LogP) is 4.83. The van der Waals surface area contributed by atoms with E-state index in [-0.39, 0.29) is 11.9 Å². The van der Waals surface area contributed by atoms with Gasteiger partial charge in [0, 0.05) is 16.2 Å². The number of hydrogen-bond acceptors (Lipinski definition) is 2. The van der Waals surface area contributed by atoms with Crippen LogP contribution in [0.25, 0.3) is 0 Å². The van der Waals surface area contributed by atoms with Crippen LogP contribution in [-0.2, 0) is 0 Å². The first-order valence-corrected chi connectivity index (χ1v) is 8.00. The number of benzene rings is 1. The van der Waals surface area contributed by atoms with Crippen LogP contribution < -0.4 is 5.32 Å². The van der Waals surface area contributed by atoms with Crippen molar-refractivity contribution in [2.45, 2.75) is 19.4 Å². The van der Waals surface area contributed by atoms with E-state index in [1.807, 2.05) is 18.2 Å². The van der Waals surface area contributed by atoms with Gasteiger partial charge in [0.05, 0.1) is 16.2 Å². The van der Waals surface area contributed by atoms with Gasteiger partial charge in [0.1, 0.15) is 5.82 Å². The maximum absolute atomic E-state index is 14.3. The average molecular weight is 402 g/mol. The Morgan fingerprint density at radius 3 is 2.70 bits per heavy atom. The largest absolute Gasteiger partial charge is 0.305 e. The third-order valence-electron chi connectivity index (χ3n) is 2.94. The van der Waals surface area contributed by atoms with Crippen molar-refractivity contribution >= 4 is 31.9 Å². The van der Waals surface area contributed by atoms with Crippen LogP contribution in [0.4, 0.5) is 4.39 Å². The summed E-state index contributed by atoms with van der Waals surface area (Å²) in [7, 11) is 0. The summed E-state index contributed by atoms with van der Waals surface area (Å²) in [4.78, 5) is 4.39. The molecule has 0 spiro atoms. The molecule has 2 rings (SSSR count). The molecule has 0 amide bonds. The van der Waals surface area contributed by atoms with Gasteiger partial charge >= 0.3 is 0 Å². The Morgan fingerprint density at radius 1 is 1.25 bits per heavy atom. The summed E-state index contributed by atoms with van der Waals surface area (Å²) < 4.78 is 15.7. The Morgan fingerprint density at radius 2 is 2.05 bits per heavy atom. The highest BCUT2D eigenvalue weighted by atomic mass is 79.9. The molecule has 0 radical (unpaired) electrons. The second-order valence-electron chi connectivity index (χ2n) is 4.43. The van der Waals surface area contributed by atoms with Crippen molar-refractivity contribution in [3.8, 4) is 0 Å². The van der Waals surface area contributed by atoms with Crippen molar-refractivity contribution in [3.63, 3.8) is 0 Å².